The number of nitrogens with zero attached hydrogens (tertiary/aromatic N) is 1. The third-order valence-corrected chi connectivity index (χ3v) is 5.20. The Morgan fingerprint density at radius 2 is 2.00 bits per heavy atom. The first-order valence-electron chi connectivity index (χ1n) is 9.87. The van der Waals surface area contributed by atoms with Crippen molar-refractivity contribution < 1.29 is 36.6 Å². The molecule has 1 aliphatic heterocycles. The third kappa shape index (κ3) is 4.51. The summed E-state index contributed by atoms with van der Waals surface area (Å²) in [5.74, 6) is -2.52. The van der Waals surface area contributed by atoms with Crippen LogP contribution in [0.1, 0.15) is 28.0 Å². The smallest absolute Gasteiger partial charge is 0.491 e. The van der Waals surface area contributed by atoms with Crippen LogP contribution >= 0.6 is 0 Å². The Balaban J connectivity index is 1.85. The summed E-state index contributed by atoms with van der Waals surface area (Å²) < 4.78 is 67.0. The second-order valence-corrected chi connectivity index (χ2v) is 7.29. The molecule has 0 aliphatic carbocycles. The normalized spacial score (nSPS) is 17.3. The van der Waals surface area contributed by atoms with Crippen LogP contribution in [0.25, 0.3) is 0 Å². The van der Waals surface area contributed by atoms with E-state index < -0.39 is 34.9 Å². The van der Waals surface area contributed by atoms with E-state index in [2.05, 4.69) is 20.0 Å². The SMILES string of the molecule is COc1ccc2c(n1)[C@@](NC(=O)c1ccc(=O)[nH]c1)(c1ccc(OC(F)(F)F)c(F)c1)CCO2. The molecule has 4 rings (SSSR count). The summed E-state index contributed by atoms with van der Waals surface area (Å²) >= 11 is 0. The van der Waals surface area contributed by atoms with Gasteiger partial charge >= 0.3 is 6.36 Å². The molecule has 0 unspecified atom stereocenters. The zero-order chi connectivity index (χ0) is 24.5. The lowest BCUT2D eigenvalue weighted by Crippen LogP contribution is -2.50. The highest BCUT2D eigenvalue weighted by molar-refractivity contribution is 5.94. The number of alkyl halides is 3. The molecule has 1 aliphatic rings. The highest BCUT2D eigenvalue weighted by Gasteiger charge is 2.44. The first-order valence-corrected chi connectivity index (χ1v) is 9.87. The van der Waals surface area contributed by atoms with Gasteiger partial charge in [-0.3, -0.25) is 9.59 Å². The number of rotatable bonds is 5. The number of carbonyl (C=O) groups excluding carboxylic acids is 1. The van der Waals surface area contributed by atoms with Crippen LogP contribution in [0.15, 0.2) is 53.5 Å². The van der Waals surface area contributed by atoms with Gasteiger partial charge in [-0.2, -0.15) is 0 Å². The van der Waals surface area contributed by atoms with Gasteiger partial charge in [0.05, 0.1) is 19.3 Å². The van der Waals surface area contributed by atoms with Gasteiger partial charge in [0.15, 0.2) is 11.6 Å². The summed E-state index contributed by atoms with van der Waals surface area (Å²) in [5, 5.41) is 2.80. The summed E-state index contributed by atoms with van der Waals surface area (Å²) in [6.07, 6.45) is -3.82. The Hall–Kier alpha value is -4.09. The molecular weight excluding hydrogens is 462 g/mol. The molecule has 8 nitrogen and oxygen atoms in total. The minimum absolute atomic E-state index is 0.0637. The summed E-state index contributed by atoms with van der Waals surface area (Å²) in [6, 6.07) is 8.39. The lowest BCUT2D eigenvalue weighted by Gasteiger charge is -2.39. The van der Waals surface area contributed by atoms with Gasteiger partial charge < -0.3 is 24.5 Å². The van der Waals surface area contributed by atoms with Crippen molar-refractivity contribution in [3.05, 3.63) is 81.7 Å². The van der Waals surface area contributed by atoms with E-state index >= 15 is 0 Å². The summed E-state index contributed by atoms with van der Waals surface area (Å²) in [6.45, 7) is 0.0787. The topological polar surface area (TPSA) is 103 Å². The molecule has 12 heteroatoms. The Labute approximate surface area is 189 Å². The fourth-order valence-electron chi connectivity index (χ4n) is 3.66. The lowest BCUT2D eigenvalue weighted by atomic mass is 9.81. The molecule has 1 amide bonds. The molecule has 1 aromatic carbocycles. The Bertz CT molecular complexity index is 1270. The van der Waals surface area contributed by atoms with Crippen molar-refractivity contribution in [1.29, 1.82) is 0 Å². The number of hydrogen-bond donors (Lipinski definition) is 2. The molecule has 0 saturated heterocycles. The lowest BCUT2D eigenvalue weighted by molar-refractivity contribution is -0.275. The number of nitrogens with one attached hydrogen (secondary N) is 2. The van der Waals surface area contributed by atoms with Gasteiger partial charge in [0.1, 0.15) is 17.0 Å². The van der Waals surface area contributed by atoms with Crippen molar-refractivity contribution in [2.45, 2.75) is 18.3 Å². The summed E-state index contributed by atoms with van der Waals surface area (Å²) in [7, 11) is 1.38. The van der Waals surface area contributed by atoms with Gasteiger partial charge in [-0.15, -0.1) is 13.2 Å². The first-order chi connectivity index (χ1) is 16.1. The number of methoxy groups -OCH3 is 1. The molecule has 0 saturated carbocycles. The molecule has 34 heavy (non-hydrogen) atoms. The van der Waals surface area contributed by atoms with Crippen LogP contribution in [0.5, 0.6) is 17.4 Å². The number of fused-ring (bicyclic) bond motifs is 1. The minimum atomic E-state index is -5.08. The number of benzene rings is 1. The van der Waals surface area contributed by atoms with E-state index in [1.807, 2.05) is 0 Å². The molecule has 3 heterocycles. The second-order valence-electron chi connectivity index (χ2n) is 7.29. The number of halogens is 4. The van der Waals surface area contributed by atoms with E-state index in [0.29, 0.717) is 0 Å². The van der Waals surface area contributed by atoms with Crippen molar-refractivity contribution in [3.63, 3.8) is 0 Å². The highest BCUT2D eigenvalue weighted by atomic mass is 19.4. The molecular formula is C22H17F4N3O5. The number of pyridine rings is 2. The molecule has 2 aromatic heterocycles. The zero-order valence-corrected chi connectivity index (χ0v) is 17.5. The van der Waals surface area contributed by atoms with Crippen molar-refractivity contribution in [1.82, 2.24) is 15.3 Å². The monoisotopic (exact) mass is 479 g/mol. The number of ether oxygens (including phenoxy) is 3. The molecule has 0 bridgehead atoms. The fraction of sp³-hybridized carbons (Fsp3) is 0.227. The van der Waals surface area contributed by atoms with E-state index in [-0.39, 0.29) is 41.5 Å². The van der Waals surface area contributed by atoms with Gasteiger partial charge in [0, 0.05) is 24.8 Å². The molecule has 0 radical (unpaired) electrons. The Morgan fingerprint density at radius 3 is 2.65 bits per heavy atom. The molecule has 0 fully saturated rings. The van der Waals surface area contributed by atoms with Crippen LogP contribution < -0.4 is 25.1 Å². The van der Waals surface area contributed by atoms with Gasteiger partial charge in [0.25, 0.3) is 5.91 Å². The Kier molecular flexibility index (Phi) is 5.90. The van der Waals surface area contributed by atoms with Crippen LogP contribution in [-0.4, -0.2) is 36.0 Å². The molecule has 1 atom stereocenters. The van der Waals surface area contributed by atoms with Crippen LogP contribution in [-0.2, 0) is 5.54 Å². The summed E-state index contributed by atoms with van der Waals surface area (Å²) in [5.41, 5.74) is -1.57. The maximum absolute atomic E-state index is 14.7. The molecule has 3 aromatic rings. The van der Waals surface area contributed by atoms with E-state index in [1.54, 1.807) is 6.07 Å². The van der Waals surface area contributed by atoms with Gasteiger partial charge in [-0.05, 0) is 29.8 Å². The third-order valence-electron chi connectivity index (χ3n) is 5.20. The standard InChI is InChI=1S/C22H17F4N3O5/c1-32-18-7-5-16-19(28-18)21(8-9-33-16,29-20(31)12-2-6-17(30)27-11-12)13-3-4-15(14(23)10-13)34-22(24,25)26/h2-7,10-11H,8-9H2,1H3,(H,27,30)(H,29,31)/t21-/m0/s1. The maximum Gasteiger partial charge on any atom is 0.573 e. The highest BCUT2D eigenvalue weighted by Crippen LogP contribution is 2.43. The number of hydrogen-bond acceptors (Lipinski definition) is 6. The largest absolute Gasteiger partial charge is 0.573 e. The van der Waals surface area contributed by atoms with Crippen molar-refractivity contribution in [2.24, 2.45) is 0 Å². The number of aromatic nitrogens is 2. The van der Waals surface area contributed by atoms with E-state index in [9.17, 15) is 27.2 Å². The van der Waals surface area contributed by atoms with Crippen LogP contribution in [0, 0.1) is 5.82 Å². The number of carbonyl (C=O) groups is 1. The quantitative estimate of drug-likeness (QED) is 0.545. The fourth-order valence-corrected chi connectivity index (χ4v) is 3.66. The maximum atomic E-state index is 14.7. The number of H-pyrrole nitrogens is 1. The van der Waals surface area contributed by atoms with Crippen molar-refractivity contribution in [3.8, 4) is 17.4 Å². The molecule has 178 valence electrons. The average Bonchev–Trinajstić information content (AvgIpc) is 2.80. The minimum Gasteiger partial charge on any atom is -0.491 e. The number of amides is 1. The predicted octanol–water partition coefficient (Wildman–Crippen LogP) is 3.27. The molecule has 0 spiro atoms. The van der Waals surface area contributed by atoms with Crippen molar-refractivity contribution >= 4 is 5.91 Å². The van der Waals surface area contributed by atoms with Gasteiger partial charge in [-0.1, -0.05) is 6.07 Å². The summed E-state index contributed by atoms with van der Waals surface area (Å²) in [4.78, 5) is 31.2. The Morgan fingerprint density at radius 1 is 1.21 bits per heavy atom. The van der Waals surface area contributed by atoms with Crippen LogP contribution in [0.3, 0.4) is 0 Å². The van der Waals surface area contributed by atoms with Crippen LogP contribution in [0.2, 0.25) is 0 Å². The second kappa shape index (κ2) is 8.69. The van der Waals surface area contributed by atoms with Gasteiger partial charge in [0.2, 0.25) is 11.4 Å². The van der Waals surface area contributed by atoms with E-state index in [0.717, 1.165) is 18.2 Å². The first kappa shape index (κ1) is 23.1. The van der Waals surface area contributed by atoms with Crippen LogP contribution in [0.4, 0.5) is 17.6 Å². The van der Waals surface area contributed by atoms with E-state index in [4.69, 9.17) is 9.47 Å². The predicted molar refractivity (Wildman–Crippen MR) is 109 cm³/mol. The average molecular weight is 479 g/mol. The van der Waals surface area contributed by atoms with Gasteiger partial charge in [-0.25, -0.2) is 9.37 Å². The molecule has 2 N–H and O–H groups in total. The zero-order valence-electron chi connectivity index (χ0n) is 17.5. The van der Waals surface area contributed by atoms with Crippen molar-refractivity contribution in [2.75, 3.05) is 13.7 Å². The van der Waals surface area contributed by atoms with E-state index in [1.165, 1.54) is 31.5 Å². The number of aromatic amines is 1.